The molecule has 0 aromatic heterocycles. The molecule has 0 aliphatic carbocycles. The molecule has 11 heteroatoms. The molecule has 0 fully saturated rings. The van der Waals surface area contributed by atoms with Crippen LogP contribution in [0.15, 0.2) is 71.6 Å². The van der Waals surface area contributed by atoms with Gasteiger partial charge in [-0.25, -0.2) is 8.42 Å². The summed E-state index contributed by atoms with van der Waals surface area (Å²) < 4.78 is 28.7. The van der Waals surface area contributed by atoms with E-state index >= 15 is 0 Å². The highest BCUT2D eigenvalue weighted by Crippen LogP contribution is 2.28. The van der Waals surface area contributed by atoms with Crippen LogP contribution in [0.5, 0.6) is 0 Å². The monoisotopic (exact) mass is 595 g/mol. The summed E-state index contributed by atoms with van der Waals surface area (Å²) in [5.74, 6) is -0.945. The molecule has 1 atom stereocenters. The van der Waals surface area contributed by atoms with Crippen molar-refractivity contribution in [3.05, 3.63) is 92.9 Å². The number of likely N-dealkylation sites (N-methyl/N-ethyl adjacent to an activating group) is 1. The lowest BCUT2D eigenvalue weighted by molar-refractivity contribution is -0.139. The van der Waals surface area contributed by atoms with Crippen LogP contribution in [0.25, 0.3) is 0 Å². The maximum atomic E-state index is 13.8. The minimum absolute atomic E-state index is 0.0105. The van der Waals surface area contributed by atoms with Gasteiger partial charge in [-0.15, -0.1) is 0 Å². The van der Waals surface area contributed by atoms with E-state index in [4.69, 9.17) is 34.8 Å². The molecule has 0 unspecified atom stereocenters. The Morgan fingerprint density at radius 3 is 2.21 bits per heavy atom. The maximum absolute atomic E-state index is 13.8. The molecule has 3 aromatic rings. The molecule has 0 saturated carbocycles. The number of rotatable bonds is 10. The lowest BCUT2D eigenvalue weighted by Gasteiger charge is -2.32. The molecular weight excluding hydrogens is 569 g/mol. The zero-order valence-electron chi connectivity index (χ0n) is 21.1. The van der Waals surface area contributed by atoms with Gasteiger partial charge >= 0.3 is 0 Å². The van der Waals surface area contributed by atoms with Gasteiger partial charge in [0.1, 0.15) is 12.6 Å². The molecule has 0 saturated heterocycles. The first-order valence-electron chi connectivity index (χ1n) is 11.8. The largest absolute Gasteiger partial charge is 0.355 e. The first-order chi connectivity index (χ1) is 17.9. The molecule has 0 aliphatic rings. The van der Waals surface area contributed by atoms with Gasteiger partial charge in [-0.1, -0.05) is 59.1 Å². The van der Waals surface area contributed by atoms with E-state index in [0.717, 1.165) is 4.31 Å². The van der Waals surface area contributed by atoms with Crippen molar-refractivity contribution in [3.63, 3.8) is 0 Å². The van der Waals surface area contributed by atoms with Crippen LogP contribution < -0.4 is 9.62 Å². The van der Waals surface area contributed by atoms with Gasteiger partial charge in [0.2, 0.25) is 11.8 Å². The van der Waals surface area contributed by atoms with Crippen LogP contribution in [-0.4, -0.2) is 44.3 Å². The third kappa shape index (κ3) is 6.99. The van der Waals surface area contributed by atoms with E-state index in [1.54, 1.807) is 63.2 Å². The average molecular weight is 597 g/mol. The quantitative estimate of drug-likeness (QED) is 0.325. The Labute approximate surface area is 238 Å². The Balaban J connectivity index is 2.05. The third-order valence-corrected chi connectivity index (χ3v) is 8.68. The molecular formula is C27H28Cl3N3O4S. The molecule has 0 heterocycles. The summed E-state index contributed by atoms with van der Waals surface area (Å²) in [6.07, 6.45) is 0. The fourth-order valence-electron chi connectivity index (χ4n) is 3.83. The van der Waals surface area contributed by atoms with Crippen molar-refractivity contribution in [2.75, 3.05) is 17.4 Å². The molecule has 0 bridgehead atoms. The number of hydrogen-bond acceptors (Lipinski definition) is 4. The summed E-state index contributed by atoms with van der Waals surface area (Å²) in [7, 11) is -4.18. The maximum Gasteiger partial charge on any atom is 0.264 e. The average Bonchev–Trinajstić information content (AvgIpc) is 2.88. The van der Waals surface area contributed by atoms with E-state index in [0.29, 0.717) is 38.4 Å². The molecule has 3 aromatic carbocycles. The van der Waals surface area contributed by atoms with Gasteiger partial charge in [0, 0.05) is 18.1 Å². The van der Waals surface area contributed by atoms with Crippen LogP contribution in [0.2, 0.25) is 15.1 Å². The Morgan fingerprint density at radius 1 is 0.947 bits per heavy atom. The van der Waals surface area contributed by atoms with Gasteiger partial charge in [-0.05, 0) is 74.4 Å². The fraction of sp³-hybridized carbons (Fsp3) is 0.259. The van der Waals surface area contributed by atoms with Gasteiger partial charge < -0.3 is 10.2 Å². The molecule has 7 nitrogen and oxygen atoms in total. The number of nitrogens with zero attached hydrogens (tertiary/aromatic N) is 2. The Hall–Kier alpha value is -2.78. The van der Waals surface area contributed by atoms with Crippen LogP contribution in [0.3, 0.4) is 0 Å². The van der Waals surface area contributed by atoms with Crippen molar-refractivity contribution in [2.45, 2.75) is 38.3 Å². The summed E-state index contributed by atoms with van der Waals surface area (Å²) in [4.78, 5) is 27.9. The number of nitrogens with one attached hydrogen (secondary N) is 1. The Kier molecular flexibility index (Phi) is 10.1. The molecule has 202 valence electrons. The van der Waals surface area contributed by atoms with E-state index < -0.39 is 28.5 Å². The highest BCUT2D eigenvalue weighted by atomic mass is 35.5. The summed E-state index contributed by atoms with van der Waals surface area (Å²) in [6, 6.07) is 16.6. The summed E-state index contributed by atoms with van der Waals surface area (Å²) in [5, 5.41) is 3.75. The molecule has 0 radical (unpaired) electrons. The van der Waals surface area contributed by atoms with Crippen LogP contribution >= 0.6 is 34.8 Å². The molecule has 2 amide bonds. The third-order valence-electron chi connectivity index (χ3n) is 5.92. The minimum Gasteiger partial charge on any atom is -0.355 e. The summed E-state index contributed by atoms with van der Waals surface area (Å²) in [6.45, 7) is 4.96. The predicted molar refractivity (Wildman–Crippen MR) is 152 cm³/mol. The van der Waals surface area contributed by atoms with Gasteiger partial charge in [-0.2, -0.15) is 0 Å². The van der Waals surface area contributed by atoms with Crippen molar-refractivity contribution >= 4 is 62.3 Å². The number of amides is 2. The predicted octanol–water partition coefficient (Wildman–Crippen LogP) is 5.70. The number of carbonyl (C=O) groups is 2. The second-order valence-electron chi connectivity index (χ2n) is 8.59. The highest BCUT2D eigenvalue weighted by Gasteiger charge is 2.33. The fourth-order valence-corrected chi connectivity index (χ4v) is 5.75. The Morgan fingerprint density at radius 2 is 1.61 bits per heavy atom. The molecule has 0 spiro atoms. The number of para-hydroxylation sites is 1. The zero-order chi connectivity index (χ0) is 28.0. The van der Waals surface area contributed by atoms with Gasteiger partial charge in [0.15, 0.2) is 0 Å². The number of anilines is 1. The van der Waals surface area contributed by atoms with E-state index in [9.17, 15) is 18.0 Å². The van der Waals surface area contributed by atoms with E-state index in [2.05, 4.69) is 5.32 Å². The number of sulfonamides is 1. The van der Waals surface area contributed by atoms with Crippen molar-refractivity contribution in [1.29, 1.82) is 0 Å². The smallest absolute Gasteiger partial charge is 0.264 e. The van der Waals surface area contributed by atoms with Crippen molar-refractivity contribution in [1.82, 2.24) is 10.2 Å². The SMILES string of the molecule is CCNC(=O)[C@H](C)N(Cc1ccc(Cl)c(Cl)c1)C(=O)CN(c1ccccc1C)S(=O)(=O)c1ccc(Cl)cc1. The highest BCUT2D eigenvalue weighted by molar-refractivity contribution is 7.92. The van der Waals surface area contributed by atoms with Gasteiger partial charge in [0.25, 0.3) is 10.0 Å². The Bertz CT molecular complexity index is 1420. The lowest BCUT2D eigenvalue weighted by atomic mass is 10.1. The van der Waals surface area contributed by atoms with Gasteiger partial charge in [0.05, 0.1) is 20.6 Å². The number of benzene rings is 3. The number of halogens is 3. The first kappa shape index (κ1) is 29.8. The van der Waals surface area contributed by atoms with Crippen molar-refractivity contribution < 1.29 is 18.0 Å². The number of carbonyl (C=O) groups excluding carboxylic acids is 2. The number of aryl methyl sites for hydroxylation is 1. The van der Waals surface area contributed by atoms with Crippen molar-refractivity contribution in [3.8, 4) is 0 Å². The van der Waals surface area contributed by atoms with Gasteiger partial charge in [-0.3, -0.25) is 13.9 Å². The van der Waals surface area contributed by atoms with Crippen LogP contribution in [0, 0.1) is 6.92 Å². The van der Waals surface area contributed by atoms with Crippen LogP contribution in [-0.2, 0) is 26.2 Å². The second kappa shape index (κ2) is 12.8. The molecule has 0 aliphatic heterocycles. The standard InChI is InChI=1S/C27H28Cl3N3O4S/c1-4-31-27(35)19(3)32(16-20-9-14-23(29)24(30)15-20)26(34)17-33(25-8-6-5-7-18(25)2)38(36,37)22-12-10-21(28)11-13-22/h5-15,19H,4,16-17H2,1-3H3,(H,31,35)/t19-/m0/s1. The van der Waals surface area contributed by atoms with E-state index in [1.165, 1.54) is 29.2 Å². The second-order valence-corrected chi connectivity index (χ2v) is 11.7. The molecule has 1 N–H and O–H groups in total. The van der Waals surface area contributed by atoms with Crippen molar-refractivity contribution in [2.24, 2.45) is 0 Å². The van der Waals surface area contributed by atoms with E-state index in [1.807, 2.05) is 0 Å². The van der Waals surface area contributed by atoms with E-state index in [-0.39, 0.29) is 17.3 Å². The molecule has 38 heavy (non-hydrogen) atoms. The molecule has 3 rings (SSSR count). The van der Waals surface area contributed by atoms with Crippen LogP contribution in [0.4, 0.5) is 5.69 Å². The number of hydrogen-bond donors (Lipinski definition) is 1. The summed E-state index contributed by atoms with van der Waals surface area (Å²) in [5.41, 5.74) is 1.63. The minimum atomic E-state index is -4.18. The van der Waals surface area contributed by atoms with Crippen LogP contribution in [0.1, 0.15) is 25.0 Å². The lowest BCUT2D eigenvalue weighted by Crippen LogP contribution is -2.51. The first-order valence-corrected chi connectivity index (χ1v) is 14.4. The topological polar surface area (TPSA) is 86.8 Å². The summed E-state index contributed by atoms with van der Waals surface area (Å²) >= 11 is 18.2. The normalized spacial score (nSPS) is 12.1. The zero-order valence-corrected chi connectivity index (χ0v) is 24.2.